The van der Waals surface area contributed by atoms with Crippen molar-refractivity contribution in [2.24, 2.45) is 5.41 Å². The van der Waals surface area contributed by atoms with Gasteiger partial charge in [-0.3, -0.25) is 4.79 Å². The Bertz CT molecular complexity index is 382. The zero-order chi connectivity index (χ0) is 13.1. The van der Waals surface area contributed by atoms with Gasteiger partial charge in [0.15, 0.2) is 5.78 Å². The fourth-order valence-corrected chi connectivity index (χ4v) is 1.83. The van der Waals surface area contributed by atoms with Gasteiger partial charge in [-0.2, -0.15) is 0 Å². The van der Waals surface area contributed by atoms with Crippen LogP contribution in [0.5, 0.6) is 0 Å². The summed E-state index contributed by atoms with van der Waals surface area (Å²) in [6.07, 6.45) is 1.32. The number of carbonyl (C=O) groups excluding carboxylic acids is 1. The maximum Gasteiger partial charge on any atom is 0.164 e. The van der Waals surface area contributed by atoms with E-state index in [1.807, 2.05) is 0 Å². The molecule has 0 aliphatic rings. The highest BCUT2D eigenvalue weighted by Crippen LogP contribution is 2.32. The lowest BCUT2D eigenvalue weighted by atomic mass is 9.83. The lowest BCUT2D eigenvalue weighted by Gasteiger charge is -2.28. The average molecular weight is 273 g/mol. The summed E-state index contributed by atoms with van der Waals surface area (Å²) < 4.78 is 0. The molecule has 94 valence electrons. The van der Waals surface area contributed by atoms with Gasteiger partial charge in [-0.25, -0.2) is 0 Å². The predicted molar refractivity (Wildman–Crippen MR) is 74.1 cm³/mol. The monoisotopic (exact) mass is 272 g/mol. The molecule has 0 amide bonds. The van der Waals surface area contributed by atoms with Crippen LogP contribution in [0.25, 0.3) is 0 Å². The van der Waals surface area contributed by atoms with Crippen molar-refractivity contribution in [3.63, 3.8) is 0 Å². The Morgan fingerprint density at radius 2 is 1.82 bits per heavy atom. The highest BCUT2D eigenvalue weighted by Gasteiger charge is 2.28. The van der Waals surface area contributed by atoms with Gasteiger partial charge in [-0.05, 0) is 36.1 Å². The number of alkyl halides is 1. The van der Waals surface area contributed by atoms with Gasteiger partial charge in [0.05, 0.1) is 0 Å². The first-order valence-electron chi connectivity index (χ1n) is 5.79. The minimum atomic E-state index is -0.143. The van der Waals surface area contributed by atoms with Crippen LogP contribution in [0, 0.1) is 5.41 Å². The fourth-order valence-electron chi connectivity index (χ4n) is 1.41. The molecule has 0 bridgehead atoms. The number of Topliss-reactive ketones (excluding diaryl/α,β-unsaturated/α-hetero) is 1. The van der Waals surface area contributed by atoms with Gasteiger partial charge in [0.2, 0.25) is 0 Å². The van der Waals surface area contributed by atoms with Gasteiger partial charge in [0.25, 0.3) is 0 Å². The van der Waals surface area contributed by atoms with E-state index in [1.54, 1.807) is 24.3 Å². The number of halogens is 2. The summed E-state index contributed by atoms with van der Waals surface area (Å²) in [6, 6.07) is 6.94. The van der Waals surface area contributed by atoms with Crippen molar-refractivity contribution in [1.82, 2.24) is 0 Å². The second-order valence-electron chi connectivity index (χ2n) is 4.94. The maximum absolute atomic E-state index is 12.0. The molecule has 0 radical (unpaired) electrons. The molecule has 0 heterocycles. The van der Waals surface area contributed by atoms with Gasteiger partial charge in [0, 0.05) is 22.4 Å². The summed E-state index contributed by atoms with van der Waals surface area (Å²) in [5.41, 5.74) is 0.649. The third kappa shape index (κ3) is 4.01. The van der Waals surface area contributed by atoms with E-state index in [4.69, 9.17) is 23.2 Å². The second-order valence-corrected chi connectivity index (χ2v) is 5.91. The third-order valence-corrected chi connectivity index (χ3v) is 4.29. The van der Waals surface area contributed by atoms with Crippen molar-refractivity contribution in [3.8, 4) is 0 Å². The lowest BCUT2D eigenvalue weighted by molar-refractivity contribution is 0.0965. The summed E-state index contributed by atoms with van der Waals surface area (Å²) in [4.78, 5) is 12.0. The van der Waals surface area contributed by atoms with Crippen LogP contribution in [0.4, 0.5) is 0 Å². The van der Waals surface area contributed by atoms with Gasteiger partial charge in [0.1, 0.15) is 0 Å². The molecule has 1 aromatic rings. The molecule has 1 unspecified atom stereocenters. The highest BCUT2D eigenvalue weighted by atomic mass is 35.5. The van der Waals surface area contributed by atoms with Crippen molar-refractivity contribution in [3.05, 3.63) is 34.9 Å². The number of benzene rings is 1. The first-order chi connectivity index (χ1) is 7.86. The first-order valence-corrected chi connectivity index (χ1v) is 6.61. The van der Waals surface area contributed by atoms with Crippen LogP contribution in [0.1, 0.15) is 44.0 Å². The highest BCUT2D eigenvalue weighted by molar-refractivity contribution is 6.30. The second kappa shape index (κ2) is 5.88. The minimum absolute atomic E-state index is 0.0242. The quantitative estimate of drug-likeness (QED) is 0.547. The van der Waals surface area contributed by atoms with Crippen molar-refractivity contribution in [2.45, 2.75) is 39.0 Å². The molecular formula is C14H18Cl2O. The third-order valence-electron chi connectivity index (χ3n) is 3.29. The van der Waals surface area contributed by atoms with Crippen molar-refractivity contribution >= 4 is 29.0 Å². The fraction of sp³-hybridized carbons (Fsp3) is 0.500. The zero-order valence-corrected chi connectivity index (χ0v) is 12.0. The van der Waals surface area contributed by atoms with Gasteiger partial charge < -0.3 is 0 Å². The van der Waals surface area contributed by atoms with Crippen LogP contribution in [0.2, 0.25) is 5.02 Å². The van der Waals surface area contributed by atoms with Gasteiger partial charge in [-0.15, -0.1) is 11.6 Å². The van der Waals surface area contributed by atoms with Crippen LogP contribution >= 0.6 is 23.2 Å². The van der Waals surface area contributed by atoms with Crippen LogP contribution in [0.15, 0.2) is 24.3 Å². The number of hydrogen-bond donors (Lipinski definition) is 0. The molecule has 0 aromatic heterocycles. The predicted octanol–water partition coefficient (Wildman–Crippen LogP) is 4.96. The lowest BCUT2D eigenvalue weighted by Crippen LogP contribution is -2.26. The van der Waals surface area contributed by atoms with Crippen LogP contribution < -0.4 is 0 Å². The normalized spacial score (nSPS) is 13.5. The Morgan fingerprint density at radius 1 is 1.29 bits per heavy atom. The molecule has 1 atom stereocenters. The molecule has 0 fully saturated rings. The number of carbonyl (C=O) groups is 1. The van der Waals surface area contributed by atoms with Crippen LogP contribution in [-0.2, 0) is 0 Å². The summed E-state index contributed by atoms with van der Waals surface area (Å²) in [5.74, 6) is 0.0724. The topological polar surface area (TPSA) is 17.1 Å². The Morgan fingerprint density at radius 3 is 2.29 bits per heavy atom. The van der Waals surface area contributed by atoms with E-state index in [1.165, 1.54) is 0 Å². The first kappa shape index (κ1) is 14.5. The molecule has 0 aliphatic carbocycles. The molecule has 0 N–H and O–H groups in total. The molecule has 1 rings (SSSR count). The average Bonchev–Trinajstić information content (AvgIpc) is 2.29. The molecule has 1 aromatic carbocycles. The number of ketones is 1. The van der Waals surface area contributed by atoms with Gasteiger partial charge >= 0.3 is 0 Å². The minimum Gasteiger partial charge on any atom is -0.294 e. The van der Waals surface area contributed by atoms with E-state index in [9.17, 15) is 4.79 Å². The Hall–Kier alpha value is -0.530. The van der Waals surface area contributed by atoms with Crippen molar-refractivity contribution < 1.29 is 4.79 Å². The molecule has 0 saturated carbocycles. The van der Waals surface area contributed by atoms with E-state index in [2.05, 4.69) is 20.8 Å². The summed E-state index contributed by atoms with van der Waals surface area (Å²) in [5, 5.41) is 0.494. The molecule has 0 spiro atoms. The maximum atomic E-state index is 12.0. The summed E-state index contributed by atoms with van der Waals surface area (Å²) in [6.45, 7) is 6.25. The molecule has 0 saturated heterocycles. The van der Waals surface area contributed by atoms with Crippen molar-refractivity contribution in [2.75, 3.05) is 0 Å². The summed E-state index contributed by atoms with van der Waals surface area (Å²) >= 11 is 12.1. The SMILES string of the molecule is CCC(C)(C)C(Cl)CC(=O)c1ccc(Cl)cc1. The zero-order valence-electron chi connectivity index (χ0n) is 10.5. The van der Waals surface area contributed by atoms with E-state index in [0.717, 1.165) is 6.42 Å². The van der Waals surface area contributed by atoms with E-state index in [-0.39, 0.29) is 16.6 Å². The van der Waals surface area contributed by atoms with Crippen LogP contribution in [-0.4, -0.2) is 11.2 Å². The molecule has 0 aliphatic heterocycles. The Balaban J connectivity index is 2.70. The molecular weight excluding hydrogens is 255 g/mol. The van der Waals surface area contributed by atoms with E-state index >= 15 is 0 Å². The Labute approximate surface area is 113 Å². The van der Waals surface area contributed by atoms with Crippen LogP contribution in [0.3, 0.4) is 0 Å². The summed E-state index contributed by atoms with van der Waals surface area (Å²) in [7, 11) is 0. The van der Waals surface area contributed by atoms with Gasteiger partial charge in [-0.1, -0.05) is 32.4 Å². The van der Waals surface area contributed by atoms with E-state index < -0.39 is 0 Å². The Kier molecular flexibility index (Phi) is 5.03. The number of rotatable bonds is 5. The molecule has 17 heavy (non-hydrogen) atoms. The molecule has 1 nitrogen and oxygen atoms in total. The van der Waals surface area contributed by atoms with E-state index in [0.29, 0.717) is 17.0 Å². The largest absolute Gasteiger partial charge is 0.294 e. The smallest absolute Gasteiger partial charge is 0.164 e. The standard InChI is InChI=1S/C14H18Cl2O/c1-4-14(2,3)13(16)9-12(17)10-5-7-11(15)8-6-10/h5-8,13H,4,9H2,1-3H3. The van der Waals surface area contributed by atoms with Crippen molar-refractivity contribution in [1.29, 1.82) is 0 Å². The number of hydrogen-bond acceptors (Lipinski definition) is 1. The molecule has 3 heteroatoms.